The van der Waals surface area contributed by atoms with E-state index in [0.717, 1.165) is 57.8 Å². The summed E-state index contributed by atoms with van der Waals surface area (Å²) in [5, 5.41) is 2.40. The molecule has 0 N–H and O–H groups in total. The first kappa shape index (κ1) is 16.6. The molecule has 0 saturated carbocycles. The van der Waals surface area contributed by atoms with E-state index in [-0.39, 0.29) is 5.91 Å². The SMILES string of the molecule is O=C(Cc1cccc2ccccc12)N1CCCN([C@H]2CCOC2)CC1. The lowest BCUT2D eigenvalue weighted by Gasteiger charge is -2.26. The van der Waals surface area contributed by atoms with Gasteiger partial charge < -0.3 is 9.64 Å². The van der Waals surface area contributed by atoms with Gasteiger partial charge in [-0.25, -0.2) is 0 Å². The van der Waals surface area contributed by atoms with Crippen LogP contribution < -0.4 is 0 Å². The van der Waals surface area contributed by atoms with Gasteiger partial charge in [0.15, 0.2) is 0 Å². The molecule has 0 radical (unpaired) electrons. The van der Waals surface area contributed by atoms with E-state index in [4.69, 9.17) is 4.74 Å². The zero-order valence-electron chi connectivity index (χ0n) is 14.7. The van der Waals surface area contributed by atoms with Crippen LogP contribution in [0.3, 0.4) is 0 Å². The van der Waals surface area contributed by atoms with Crippen LogP contribution >= 0.6 is 0 Å². The Hall–Kier alpha value is -1.91. The molecular formula is C21H26N2O2. The zero-order valence-corrected chi connectivity index (χ0v) is 14.7. The average molecular weight is 338 g/mol. The number of carbonyl (C=O) groups excluding carboxylic acids is 1. The van der Waals surface area contributed by atoms with Crippen molar-refractivity contribution in [2.75, 3.05) is 39.4 Å². The van der Waals surface area contributed by atoms with Crippen molar-refractivity contribution in [1.82, 2.24) is 9.80 Å². The minimum absolute atomic E-state index is 0.251. The maximum absolute atomic E-state index is 12.9. The molecule has 2 fully saturated rings. The van der Waals surface area contributed by atoms with Crippen LogP contribution in [0.1, 0.15) is 18.4 Å². The molecule has 4 heteroatoms. The monoisotopic (exact) mass is 338 g/mol. The maximum Gasteiger partial charge on any atom is 0.227 e. The summed E-state index contributed by atoms with van der Waals surface area (Å²) in [5.41, 5.74) is 1.13. The van der Waals surface area contributed by atoms with Crippen LogP contribution in [0.5, 0.6) is 0 Å². The summed E-state index contributed by atoms with van der Waals surface area (Å²) < 4.78 is 5.52. The van der Waals surface area contributed by atoms with E-state index in [2.05, 4.69) is 40.1 Å². The Balaban J connectivity index is 1.42. The van der Waals surface area contributed by atoms with Gasteiger partial charge in [-0.3, -0.25) is 9.69 Å². The molecule has 4 nitrogen and oxygen atoms in total. The van der Waals surface area contributed by atoms with Gasteiger partial charge in [0.25, 0.3) is 0 Å². The first-order chi connectivity index (χ1) is 12.3. The smallest absolute Gasteiger partial charge is 0.227 e. The van der Waals surface area contributed by atoms with Crippen LogP contribution in [0.4, 0.5) is 0 Å². The van der Waals surface area contributed by atoms with Gasteiger partial charge in [-0.1, -0.05) is 42.5 Å². The van der Waals surface area contributed by atoms with Gasteiger partial charge in [0, 0.05) is 38.8 Å². The largest absolute Gasteiger partial charge is 0.380 e. The molecule has 1 amide bonds. The number of rotatable bonds is 3. The van der Waals surface area contributed by atoms with Crippen molar-refractivity contribution in [3.63, 3.8) is 0 Å². The van der Waals surface area contributed by atoms with Gasteiger partial charge in [0.1, 0.15) is 0 Å². The summed E-state index contributed by atoms with van der Waals surface area (Å²) in [7, 11) is 0. The lowest BCUT2D eigenvalue weighted by atomic mass is 10.0. The van der Waals surface area contributed by atoms with E-state index in [1.807, 2.05) is 12.1 Å². The number of hydrogen-bond acceptors (Lipinski definition) is 3. The van der Waals surface area contributed by atoms with Gasteiger partial charge in [0.2, 0.25) is 5.91 Å². The Morgan fingerprint density at radius 3 is 2.80 bits per heavy atom. The fourth-order valence-corrected chi connectivity index (χ4v) is 4.08. The summed E-state index contributed by atoms with van der Waals surface area (Å²) in [6, 6.07) is 15.1. The van der Waals surface area contributed by atoms with Crippen LogP contribution in [0, 0.1) is 0 Å². The predicted molar refractivity (Wildman–Crippen MR) is 99.6 cm³/mol. The third kappa shape index (κ3) is 3.70. The lowest BCUT2D eigenvalue weighted by molar-refractivity contribution is -0.130. The van der Waals surface area contributed by atoms with Crippen molar-refractivity contribution < 1.29 is 9.53 Å². The molecule has 2 heterocycles. The standard InChI is InChI=1S/C21H26N2O2/c24-21(15-18-7-3-6-17-5-1-2-8-20(17)18)23-11-4-10-22(12-13-23)19-9-14-25-16-19/h1-3,5-8,19H,4,9-16H2/t19-/m0/s1. The molecule has 0 bridgehead atoms. The lowest BCUT2D eigenvalue weighted by Crippen LogP contribution is -2.40. The number of hydrogen-bond donors (Lipinski definition) is 0. The van der Waals surface area contributed by atoms with Crippen LogP contribution in [-0.2, 0) is 16.0 Å². The van der Waals surface area contributed by atoms with Crippen molar-refractivity contribution in [1.29, 1.82) is 0 Å². The number of nitrogens with zero attached hydrogens (tertiary/aromatic N) is 2. The molecule has 132 valence electrons. The van der Waals surface area contributed by atoms with Gasteiger partial charge in [0.05, 0.1) is 13.0 Å². The van der Waals surface area contributed by atoms with Crippen LogP contribution in [0.15, 0.2) is 42.5 Å². The number of carbonyl (C=O) groups is 1. The Kier molecular flexibility index (Phi) is 4.99. The number of benzene rings is 2. The van der Waals surface area contributed by atoms with E-state index in [1.54, 1.807) is 0 Å². The van der Waals surface area contributed by atoms with Crippen LogP contribution in [0.25, 0.3) is 10.8 Å². The van der Waals surface area contributed by atoms with Gasteiger partial charge >= 0.3 is 0 Å². The Morgan fingerprint density at radius 1 is 1.04 bits per heavy atom. The average Bonchev–Trinajstić information content (AvgIpc) is 3.06. The van der Waals surface area contributed by atoms with Crippen molar-refractivity contribution in [2.45, 2.75) is 25.3 Å². The highest BCUT2D eigenvalue weighted by Gasteiger charge is 2.26. The molecule has 2 aromatic rings. The van der Waals surface area contributed by atoms with Crippen molar-refractivity contribution in [3.8, 4) is 0 Å². The Bertz CT molecular complexity index is 734. The fraction of sp³-hybridized carbons (Fsp3) is 0.476. The van der Waals surface area contributed by atoms with Crippen molar-refractivity contribution in [2.24, 2.45) is 0 Å². The highest BCUT2D eigenvalue weighted by molar-refractivity contribution is 5.90. The van der Waals surface area contributed by atoms with Crippen LogP contribution in [-0.4, -0.2) is 61.1 Å². The molecule has 0 spiro atoms. The molecule has 1 atom stereocenters. The van der Waals surface area contributed by atoms with E-state index in [9.17, 15) is 4.79 Å². The quantitative estimate of drug-likeness (QED) is 0.863. The molecule has 0 aliphatic carbocycles. The van der Waals surface area contributed by atoms with E-state index in [0.29, 0.717) is 12.5 Å². The second kappa shape index (κ2) is 7.54. The highest BCUT2D eigenvalue weighted by Crippen LogP contribution is 2.20. The number of fused-ring (bicyclic) bond motifs is 1. The summed E-state index contributed by atoms with van der Waals surface area (Å²) >= 11 is 0. The summed E-state index contributed by atoms with van der Waals surface area (Å²) in [6.45, 7) is 5.48. The second-order valence-corrected chi connectivity index (χ2v) is 7.10. The Morgan fingerprint density at radius 2 is 1.92 bits per heavy atom. The topological polar surface area (TPSA) is 32.8 Å². The molecule has 0 unspecified atom stereocenters. The van der Waals surface area contributed by atoms with Crippen LogP contribution in [0.2, 0.25) is 0 Å². The van der Waals surface area contributed by atoms with Crippen molar-refractivity contribution in [3.05, 3.63) is 48.0 Å². The van der Waals surface area contributed by atoms with Gasteiger partial charge in [-0.15, -0.1) is 0 Å². The molecule has 2 saturated heterocycles. The first-order valence-corrected chi connectivity index (χ1v) is 9.37. The maximum atomic E-state index is 12.9. The number of ether oxygens (including phenoxy) is 1. The third-order valence-electron chi connectivity index (χ3n) is 5.53. The molecule has 2 aliphatic rings. The second-order valence-electron chi connectivity index (χ2n) is 7.10. The molecule has 25 heavy (non-hydrogen) atoms. The predicted octanol–water partition coefficient (Wildman–Crippen LogP) is 2.71. The van der Waals surface area contributed by atoms with Gasteiger partial charge in [-0.2, -0.15) is 0 Å². The summed E-state index contributed by atoms with van der Waals surface area (Å²) in [5.74, 6) is 0.251. The Labute approximate surface area is 149 Å². The first-order valence-electron chi connectivity index (χ1n) is 9.37. The molecule has 2 aliphatic heterocycles. The normalized spacial score (nSPS) is 22.2. The molecule has 4 rings (SSSR count). The van der Waals surface area contributed by atoms with E-state index >= 15 is 0 Å². The minimum Gasteiger partial charge on any atom is -0.380 e. The fourth-order valence-electron chi connectivity index (χ4n) is 4.08. The zero-order chi connectivity index (χ0) is 17.1. The number of amides is 1. The summed E-state index contributed by atoms with van der Waals surface area (Å²) in [6.07, 6.45) is 2.68. The summed E-state index contributed by atoms with van der Waals surface area (Å²) in [4.78, 5) is 17.4. The molecule has 2 aromatic carbocycles. The minimum atomic E-state index is 0.251. The van der Waals surface area contributed by atoms with Crippen molar-refractivity contribution >= 4 is 16.7 Å². The van der Waals surface area contributed by atoms with E-state index < -0.39 is 0 Å². The molecular weight excluding hydrogens is 312 g/mol. The highest BCUT2D eigenvalue weighted by atomic mass is 16.5. The third-order valence-corrected chi connectivity index (χ3v) is 5.53. The molecule has 0 aromatic heterocycles. The van der Waals surface area contributed by atoms with Gasteiger partial charge in [-0.05, 0) is 29.2 Å². The van der Waals surface area contributed by atoms with E-state index in [1.165, 1.54) is 10.8 Å².